The minimum absolute atomic E-state index is 0.0108. The second kappa shape index (κ2) is 7.90. The van der Waals surface area contributed by atoms with Gasteiger partial charge in [0.15, 0.2) is 6.61 Å². The van der Waals surface area contributed by atoms with Gasteiger partial charge in [0.2, 0.25) is 5.91 Å². The summed E-state index contributed by atoms with van der Waals surface area (Å²) in [5, 5.41) is 13.3. The molecule has 1 aromatic rings. The van der Waals surface area contributed by atoms with Crippen molar-refractivity contribution in [3.63, 3.8) is 0 Å². The third-order valence-corrected chi connectivity index (χ3v) is 7.47. The summed E-state index contributed by atoms with van der Waals surface area (Å²) in [7, 11) is 0. The van der Waals surface area contributed by atoms with Crippen LogP contribution in [0.4, 0.5) is 4.39 Å². The minimum Gasteiger partial charge on any atom is -0.484 e. The number of carbonyl (C=O) groups excluding carboxylic acids is 2. The fourth-order valence-electron chi connectivity index (χ4n) is 5.80. The summed E-state index contributed by atoms with van der Waals surface area (Å²) in [5.41, 5.74) is -0.439. The van der Waals surface area contributed by atoms with E-state index in [4.69, 9.17) is 16.3 Å². The Morgan fingerprint density at radius 1 is 1.13 bits per heavy atom. The van der Waals surface area contributed by atoms with Crippen molar-refractivity contribution in [2.45, 2.75) is 74.1 Å². The van der Waals surface area contributed by atoms with Crippen molar-refractivity contribution >= 4 is 23.4 Å². The Bertz CT molecular complexity index is 878. The summed E-state index contributed by atoms with van der Waals surface area (Å²) in [4.78, 5) is 25.1. The average molecular weight is 451 g/mol. The fraction of sp³-hybridized carbons (Fsp3) is 0.636. The molecule has 2 bridgehead atoms. The number of rotatable bonds is 6. The zero-order valence-corrected chi connectivity index (χ0v) is 18.1. The van der Waals surface area contributed by atoms with Crippen molar-refractivity contribution in [1.29, 1.82) is 0 Å². The second-order valence-corrected chi connectivity index (χ2v) is 10.0. The van der Waals surface area contributed by atoms with E-state index < -0.39 is 5.82 Å². The van der Waals surface area contributed by atoms with E-state index in [-0.39, 0.29) is 46.3 Å². The molecule has 2 heterocycles. The van der Waals surface area contributed by atoms with Crippen molar-refractivity contribution < 1.29 is 18.7 Å². The lowest BCUT2D eigenvalue weighted by Crippen LogP contribution is -2.84. The van der Waals surface area contributed by atoms with Gasteiger partial charge >= 0.3 is 0 Å². The van der Waals surface area contributed by atoms with Crippen molar-refractivity contribution in [2.24, 2.45) is 0 Å². The Kier molecular flexibility index (Phi) is 5.35. The predicted octanol–water partition coefficient (Wildman–Crippen LogP) is 1.64. The summed E-state index contributed by atoms with van der Waals surface area (Å²) >= 11 is 5.64. The molecule has 3 aliphatic carbocycles. The Hall–Kier alpha value is -1.90. The van der Waals surface area contributed by atoms with Gasteiger partial charge in [-0.2, -0.15) is 0 Å². The second-order valence-electron chi connectivity index (χ2n) is 9.60. The van der Waals surface area contributed by atoms with E-state index in [1.807, 2.05) is 0 Å². The first-order chi connectivity index (χ1) is 14.9. The van der Waals surface area contributed by atoms with Gasteiger partial charge < -0.3 is 26.0 Å². The van der Waals surface area contributed by atoms with Gasteiger partial charge in [-0.1, -0.05) is 11.6 Å². The zero-order chi connectivity index (χ0) is 21.6. The van der Waals surface area contributed by atoms with Crippen LogP contribution in [0.2, 0.25) is 5.02 Å². The lowest BCUT2D eigenvalue weighted by molar-refractivity contribution is -0.152. The number of nitrogens with one attached hydrogen (secondary N) is 4. The van der Waals surface area contributed by atoms with Crippen LogP contribution in [0.3, 0.4) is 0 Å². The monoisotopic (exact) mass is 450 g/mol. The minimum atomic E-state index is -0.584. The maximum absolute atomic E-state index is 13.5. The van der Waals surface area contributed by atoms with Gasteiger partial charge in [-0.05, 0) is 63.6 Å². The highest BCUT2D eigenvalue weighted by Crippen LogP contribution is 2.60. The number of fused-ring (bicyclic) bond motifs is 1. The van der Waals surface area contributed by atoms with Gasteiger partial charge in [0.1, 0.15) is 11.6 Å². The first kappa shape index (κ1) is 21.0. The highest BCUT2D eigenvalue weighted by molar-refractivity contribution is 6.30. The molecule has 2 saturated heterocycles. The molecule has 2 amide bonds. The first-order valence-corrected chi connectivity index (χ1v) is 11.4. The smallest absolute Gasteiger partial charge is 0.258 e. The van der Waals surface area contributed by atoms with Gasteiger partial charge in [0.05, 0.1) is 11.1 Å². The summed E-state index contributed by atoms with van der Waals surface area (Å²) in [5.74, 6) is -0.496. The quantitative estimate of drug-likeness (QED) is 0.529. The van der Waals surface area contributed by atoms with Crippen LogP contribution in [0, 0.1) is 5.82 Å². The molecule has 3 saturated carbocycles. The molecule has 3 atom stereocenters. The summed E-state index contributed by atoms with van der Waals surface area (Å²) in [6.07, 6.45) is 6.37. The van der Waals surface area contributed by atoms with E-state index in [0.29, 0.717) is 12.1 Å². The lowest BCUT2D eigenvalue weighted by Gasteiger charge is -2.70. The number of carbonyl (C=O) groups is 2. The van der Waals surface area contributed by atoms with Gasteiger partial charge in [0.25, 0.3) is 5.91 Å². The van der Waals surface area contributed by atoms with E-state index >= 15 is 0 Å². The maximum atomic E-state index is 13.5. The number of ether oxygens (including phenoxy) is 1. The van der Waals surface area contributed by atoms with Crippen LogP contribution in [0.25, 0.3) is 0 Å². The number of hydrogen-bond acceptors (Lipinski definition) is 5. The standard InChI is InChI=1S/C22H28ClFN4O3/c23-14-4-3-13(8-15(14)24)31-9-19(29)27-21-10-22(11-21,12-21)28-20(30)18-6-5-16-17(26-18)2-1-7-25-16/h3-4,8,16-18,25-26H,1-2,5-7,9-12H2,(H,27,29)(H,28,30). The fourth-order valence-corrected chi connectivity index (χ4v) is 5.92. The molecule has 4 N–H and O–H groups in total. The largest absolute Gasteiger partial charge is 0.484 e. The van der Waals surface area contributed by atoms with E-state index in [1.165, 1.54) is 12.1 Å². The molecular weight excluding hydrogens is 423 g/mol. The lowest BCUT2D eigenvalue weighted by atomic mass is 9.44. The van der Waals surface area contributed by atoms with Crippen molar-refractivity contribution in [3.05, 3.63) is 29.0 Å². The topological polar surface area (TPSA) is 91.5 Å². The maximum Gasteiger partial charge on any atom is 0.258 e. The molecule has 3 unspecified atom stereocenters. The first-order valence-electron chi connectivity index (χ1n) is 11.1. The molecule has 31 heavy (non-hydrogen) atoms. The Morgan fingerprint density at radius 2 is 1.90 bits per heavy atom. The van der Waals surface area contributed by atoms with Crippen LogP contribution in [-0.4, -0.2) is 54.2 Å². The molecule has 9 heteroatoms. The molecular formula is C22H28ClFN4O3. The number of amides is 2. The van der Waals surface area contributed by atoms with E-state index in [0.717, 1.165) is 57.6 Å². The average Bonchev–Trinajstić information content (AvgIpc) is 2.71. The Balaban J connectivity index is 1.05. The molecule has 0 spiro atoms. The van der Waals surface area contributed by atoms with Crippen LogP contribution in [0.15, 0.2) is 18.2 Å². The van der Waals surface area contributed by atoms with Gasteiger partial charge in [-0.25, -0.2) is 4.39 Å². The predicted molar refractivity (Wildman–Crippen MR) is 113 cm³/mol. The SMILES string of the molecule is O=C(COc1ccc(Cl)c(F)c1)NC12CC(NC(=O)C3CCC4NCCCC4N3)(C1)C2. The number of benzene rings is 1. The van der Waals surface area contributed by atoms with Crippen LogP contribution < -0.4 is 26.0 Å². The molecule has 5 aliphatic rings. The third kappa shape index (κ3) is 4.13. The Labute approximate surface area is 185 Å². The summed E-state index contributed by atoms with van der Waals surface area (Å²) < 4.78 is 18.8. The van der Waals surface area contributed by atoms with E-state index in [1.54, 1.807) is 0 Å². The summed E-state index contributed by atoms with van der Waals surface area (Å²) in [6, 6.07) is 4.81. The van der Waals surface area contributed by atoms with E-state index in [9.17, 15) is 14.0 Å². The highest BCUT2D eigenvalue weighted by atomic mass is 35.5. The molecule has 0 aromatic heterocycles. The van der Waals surface area contributed by atoms with Gasteiger partial charge in [0, 0.05) is 29.2 Å². The van der Waals surface area contributed by atoms with Crippen molar-refractivity contribution in [1.82, 2.24) is 21.3 Å². The van der Waals surface area contributed by atoms with Crippen molar-refractivity contribution in [2.75, 3.05) is 13.2 Å². The molecule has 7 nitrogen and oxygen atoms in total. The normalized spacial score (nSPS) is 35.7. The van der Waals surface area contributed by atoms with Crippen LogP contribution in [0.1, 0.15) is 44.9 Å². The molecule has 2 aliphatic heterocycles. The molecule has 168 valence electrons. The van der Waals surface area contributed by atoms with Crippen LogP contribution in [-0.2, 0) is 9.59 Å². The van der Waals surface area contributed by atoms with Crippen molar-refractivity contribution in [3.8, 4) is 5.75 Å². The highest BCUT2D eigenvalue weighted by Gasteiger charge is 2.69. The number of hydrogen-bond donors (Lipinski definition) is 4. The summed E-state index contributed by atoms with van der Waals surface area (Å²) in [6.45, 7) is 0.878. The Morgan fingerprint density at radius 3 is 2.68 bits per heavy atom. The van der Waals surface area contributed by atoms with Gasteiger partial charge in [-0.15, -0.1) is 0 Å². The zero-order valence-electron chi connectivity index (χ0n) is 17.3. The van der Waals surface area contributed by atoms with E-state index in [2.05, 4.69) is 21.3 Å². The third-order valence-electron chi connectivity index (χ3n) is 7.17. The van der Waals surface area contributed by atoms with Crippen LogP contribution >= 0.6 is 11.6 Å². The molecule has 0 radical (unpaired) electrons. The molecule has 6 rings (SSSR count). The molecule has 5 fully saturated rings. The number of piperidine rings is 2. The molecule has 1 aromatic carbocycles. The number of halogens is 2. The van der Waals surface area contributed by atoms with Gasteiger partial charge in [-0.3, -0.25) is 9.59 Å². The van der Waals surface area contributed by atoms with Crippen LogP contribution in [0.5, 0.6) is 5.75 Å².